The molecule has 0 radical (unpaired) electrons. The van der Waals surface area contributed by atoms with Crippen molar-refractivity contribution in [3.05, 3.63) is 53.6 Å². The van der Waals surface area contributed by atoms with Crippen molar-refractivity contribution in [2.45, 2.75) is 6.42 Å². The van der Waals surface area contributed by atoms with E-state index in [1.807, 2.05) is 36.4 Å². The Bertz CT molecular complexity index is 711. The van der Waals surface area contributed by atoms with Crippen LogP contribution in [-0.4, -0.2) is 33.5 Å². The van der Waals surface area contributed by atoms with Gasteiger partial charge in [0, 0.05) is 5.56 Å². The fraction of sp³-hybridized carbons (Fsp3) is 0.222. The molecule has 0 aliphatic rings. The van der Waals surface area contributed by atoms with Crippen LogP contribution in [-0.2, 0) is 11.2 Å². The topological polar surface area (TPSA) is 69.2 Å². The first-order valence-electron chi connectivity index (χ1n) is 7.33. The Labute approximate surface area is 141 Å². The smallest absolute Gasteiger partial charge is 0.244 e. The summed E-state index contributed by atoms with van der Waals surface area (Å²) in [4.78, 5) is 11.9. The molecule has 24 heavy (non-hydrogen) atoms. The maximum atomic E-state index is 11.9. The molecule has 1 N–H and O–H groups in total. The number of carbonyl (C=O) groups excluding carboxylic acids is 1. The summed E-state index contributed by atoms with van der Waals surface area (Å²) in [5.74, 6) is 1.71. The maximum Gasteiger partial charge on any atom is 0.244 e. The number of rotatable bonds is 7. The summed E-state index contributed by atoms with van der Waals surface area (Å²) in [5, 5.41) is 3.97. The van der Waals surface area contributed by atoms with Gasteiger partial charge in [0.25, 0.3) is 0 Å². The van der Waals surface area contributed by atoms with E-state index in [0.717, 1.165) is 11.3 Å². The summed E-state index contributed by atoms with van der Waals surface area (Å²) in [7, 11) is 4.72. The van der Waals surface area contributed by atoms with Crippen LogP contribution in [0.25, 0.3) is 0 Å². The molecule has 2 rings (SSSR count). The first-order chi connectivity index (χ1) is 11.7. The van der Waals surface area contributed by atoms with Crippen LogP contribution in [0.5, 0.6) is 17.2 Å². The Balaban J connectivity index is 1.97. The molecule has 6 heteroatoms. The summed E-state index contributed by atoms with van der Waals surface area (Å²) >= 11 is 0. The molecule has 2 aromatic carbocycles. The number of hydrogen-bond acceptors (Lipinski definition) is 5. The number of para-hydroxylation sites is 1. The number of hydrazone groups is 1. The molecule has 2 aromatic rings. The number of methoxy groups -OCH3 is 3. The van der Waals surface area contributed by atoms with Crippen LogP contribution in [0.15, 0.2) is 47.6 Å². The summed E-state index contributed by atoms with van der Waals surface area (Å²) in [6, 6.07) is 12.7. The van der Waals surface area contributed by atoms with Crippen molar-refractivity contribution in [3.63, 3.8) is 0 Å². The van der Waals surface area contributed by atoms with E-state index in [1.165, 1.54) is 6.21 Å². The molecule has 1 amide bonds. The zero-order valence-corrected chi connectivity index (χ0v) is 13.9. The third kappa shape index (κ3) is 4.49. The summed E-state index contributed by atoms with van der Waals surface area (Å²) in [6.45, 7) is 0. The SMILES string of the molecule is COc1ccc(CC(=O)N/N=C/c2cccc(OC)c2OC)cc1. The van der Waals surface area contributed by atoms with Gasteiger partial charge < -0.3 is 14.2 Å². The molecule has 0 atom stereocenters. The number of hydrogen-bond donors (Lipinski definition) is 1. The minimum Gasteiger partial charge on any atom is -0.497 e. The molecule has 0 saturated carbocycles. The number of nitrogens with one attached hydrogen (secondary N) is 1. The molecule has 0 aliphatic carbocycles. The Morgan fingerprint density at radius 3 is 2.42 bits per heavy atom. The van der Waals surface area contributed by atoms with Gasteiger partial charge in [-0.2, -0.15) is 5.10 Å². The highest BCUT2D eigenvalue weighted by Crippen LogP contribution is 2.29. The number of ether oxygens (including phenoxy) is 3. The maximum absolute atomic E-state index is 11.9. The average molecular weight is 328 g/mol. The van der Waals surface area contributed by atoms with E-state index >= 15 is 0 Å². The number of nitrogens with zero attached hydrogens (tertiary/aromatic N) is 1. The molecule has 0 spiro atoms. The predicted molar refractivity (Wildman–Crippen MR) is 92.0 cm³/mol. The second-order valence-electron chi connectivity index (χ2n) is 4.90. The van der Waals surface area contributed by atoms with Crippen LogP contribution in [0, 0.1) is 0 Å². The second-order valence-corrected chi connectivity index (χ2v) is 4.90. The van der Waals surface area contributed by atoms with Gasteiger partial charge in [-0.15, -0.1) is 0 Å². The van der Waals surface area contributed by atoms with Gasteiger partial charge in [-0.05, 0) is 29.8 Å². The van der Waals surface area contributed by atoms with E-state index in [1.54, 1.807) is 27.4 Å². The lowest BCUT2D eigenvalue weighted by atomic mass is 10.1. The van der Waals surface area contributed by atoms with Crippen molar-refractivity contribution in [3.8, 4) is 17.2 Å². The zero-order chi connectivity index (χ0) is 17.4. The second kappa shape index (κ2) is 8.57. The quantitative estimate of drug-likeness (QED) is 0.626. The molecule has 0 bridgehead atoms. The molecule has 0 unspecified atom stereocenters. The van der Waals surface area contributed by atoms with E-state index in [-0.39, 0.29) is 12.3 Å². The number of benzene rings is 2. The zero-order valence-electron chi connectivity index (χ0n) is 13.9. The van der Waals surface area contributed by atoms with E-state index in [4.69, 9.17) is 14.2 Å². The minimum absolute atomic E-state index is 0.210. The summed E-state index contributed by atoms with van der Waals surface area (Å²) in [5.41, 5.74) is 4.09. The van der Waals surface area contributed by atoms with Crippen LogP contribution >= 0.6 is 0 Å². The molecular weight excluding hydrogens is 308 g/mol. The normalized spacial score (nSPS) is 10.5. The van der Waals surface area contributed by atoms with E-state index < -0.39 is 0 Å². The molecule has 0 fully saturated rings. The molecule has 0 heterocycles. The van der Waals surface area contributed by atoms with Gasteiger partial charge in [0.05, 0.1) is 34.0 Å². The van der Waals surface area contributed by atoms with Crippen LogP contribution in [0.4, 0.5) is 0 Å². The fourth-order valence-electron chi connectivity index (χ4n) is 2.16. The van der Waals surface area contributed by atoms with Crippen LogP contribution in [0.3, 0.4) is 0 Å². The third-order valence-corrected chi connectivity index (χ3v) is 3.35. The molecule has 0 aromatic heterocycles. The molecular formula is C18H20N2O4. The van der Waals surface area contributed by atoms with Gasteiger partial charge in [-0.3, -0.25) is 4.79 Å². The van der Waals surface area contributed by atoms with Crippen molar-refractivity contribution < 1.29 is 19.0 Å². The predicted octanol–water partition coefficient (Wildman–Crippen LogP) is 2.41. The number of amides is 1. The molecule has 126 valence electrons. The van der Waals surface area contributed by atoms with Crippen LogP contribution in [0.1, 0.15) is 11.1 Å². The van der Waals surface area contributed by atoms with Gasteiger partial charge in [0.15, 0.2) is 11.5 Å². The number of carbonyl (C=O) groups is 1. The van der Waals surface area contributed by atoms with E-state index in [9.17, 15) is 4.79 Å². The summed E-state index contributed by atoms with van der Waals surface area (Å²) in [6.07, 6.45) is 1.75. The first-order valence-corrected chi connectivity index (χ1v) is 7.33. The third-order valence-electron chi connectivity index (χ3n) is 3.35. The van der Waals surface area contributed by atoms with Gasteiger partial charge in [-0.25, -0.2) is 5.43 Å². The monoisotopic (exact) mass is 328 g/mol. The van der Waals surface area contributed by atoms with E-state index in [2.05, 4.69) is 10.5 Å². The van der Waals surface area contributed by atoms with Gasteiger partial charge in [-0.1, -0.05) is 18.2 Å². The average Bonchev–Trinajstić information content (AvgIpc) is 2.62. The molecule has 0 aliphatic heterocycles. The largest absolute Gasteiger partial charge is 0.497 e. The van der Waals surface area contributed by atoms with Crippen molar-refractivity contribution >= 4 is 12.1 Å². The van der Waals surface area contributed by atoms with Crippen molar-refractivity contribution in [1.29, 1.82) is 0 Å². The molecule has 6 nitrogen and oxygen atoms in total. The van der Waals surface area contributed by atoms with Gasteiger partial charge in [0.1, 0.15) is 5.75 Å². The van der Waals surface area contributed by atoms with Gasteiger partial charge in [0.2, 0.25) is 5.91 Å². The van der Waals surface area contributed by atoms with Crippen molar-refractivity contribution in [2.24, 2.45) is 5.10 Å². The highest BCUT2D eigenvalue weighted by atomic mass is 16.5. The Morgan fingerprint density at radius 1 is 1.04 bits per heavy atom. The standard InChI is InChI=1S/C18H20N2O4/c1-22-15-9-7-13(8-10-15)11-17(21)20-19-12-14-5-4-6-16(23-2)18(14)24-3/h4-10,12H,11H2,1-3H3,(H,20,21)/b19-12+. The Hall–Kier alpha value is -3.02. The fourth-order valence-corrected chi connectivity index (χ4v) is 2.16. The lowest BCUT2D eigenvalue weighted by molar-refractivity contribution is -0.120. The lowest BCUT2D eigenvalue weighted by Gasteiger charge is -2.09. The lowest BCUT2D eigenvalue weighted by Crippen LogP contribution is -2.19. The first kappa shape index (κ1) is 17.3. The van der Waals surface area contributed by atoms with Crippen molar-refractivity contribution in [2.75, 3.05) is 21.3 Å². The van der Waals surface area contributed by atoms with Crippen molar-refractivity contribution in [1.82, 2.24) is 5.43 Å². The van der Waals surface area contributed by atoms with Crippen LogP contribution in [0.2, 0.25) is 0 Å². The Kier molecular flexibility index (Phi) is 6.19. The summed E-state index contributed by atoms with van der Waals surface area (Å²) < 4.78 is 15.6. The van der Waals surface area contributed by atoms with Crippen LogP contribution < -0.4 is 19.6 Å². The molecule has 0 saturated heterocycles. The Morgan fingerprint density at radius 2 is 1.79 bits per heavy atom. The van der Waals surface area contributed by atoms with Gasteiger partial charge >= 0.3 is 0 Å². The minimum atomic E-state index is -0.210. The highest BCUT2D eigenvalue weighted by Gasteiger charge is 2.07. The van der Waals surface area contributed by atoms with E-state index in [0.29, 0.717) is 17.1 Å². The highest BCUT2D eigenvalue weighted by molar-refractivity contribution is 5.86.